The molecule has 27 heavy (non-hydrogen) atoms. The monoisotopic (exact) mass is 368 g/mol. The van der Waals surface area contributed by atoms with Crippen LogP contribution in [0.2, 0.25) is 0 Å². The largest absolute Gasteiger partial charge is 0.324 e. The molecule has 0 aliphatic heterocycles. The maximum Gasteiger partial charge on any atom is 0.258 e. The van der Waals surface area contributed by atoms with Crippen molar-refractivity contribution in [1.29, 1.82) is 5.26 Å². The Morgan fingerprint density at radius 1 is 1.07 bits per heavy atom. The summed E-state index contributed by atoms with van der Waals surface area (Å²) in [6, 6.07) is 11.3. The summed E-state index contributed by atoms with van der Waals surface area (Å²) in [6.07, 6.45) is 0. The molecule has 1 N–H and O–H groups in total. The van der Waals surface area contributed by atoms with Crippen LogP contribution < -0.4 is 5.32 Å². The van der Waals surface area contributed by atoms with Gasteiger partial charge in [0.05, 0.1) is 11.1 Å². The second-order valence-electron chi connectivity index (χ2n) is 7.54. The molecule has 5 heteroatoms. The summed E-state index contributed by atoms with van der Waals surface area (Å²) in [5.74, 6) is -3.11. The molecule has 140 valence electrons. The molecule has 0 unspecified atom stereocenters. The predicted molar refractivity (Wildman–Crippen MR) is 102 cm³/mol. The summed E-state index contributed by atoms with van der Waals surface area (Å²) in [5, 5.41) is 12.4. The number of hydrogen-bond acceptors (Lipinski definition) is 2. The van der Waals surface area contributed by atoms with Gasteiger partial charge in [0.25, 0.3) is 5.91 Å². The highest BCUT2D eigenvalue weighted by Crippen LogP contribution is 2.31. The van der Waals surface area contributed by atoms with Crippen LogP contribution in [0.3, 0.4) is 0 Å². The van der Waals surface area contributed by atoms with Crippen LogP contribution >= 0.6 is 0 Å². The number of nitriles is 1. The Morgan fingerprint density at radius 2 is 1.67 bits per heavy atom. The fraction of sp³-hybridized carbons (Fsp3) is 0.273. The van der Waals surface area contributed by atoms with Gasteiger partial charge in [-0.1, -0.05) is 56.2 Å². The number of hydrogen-bond donors (Lipinski definition) is 1. The average molecular weight is 368 g/mol. The zero-order valence-corrected chi connectivity index (χ0v) is 16.1. The summed E-state index contributed by atoms with van der Waals surface area (Å²) in [5.41, 5.74) is 2.25. The molecule has 0 fully saturated rings. The van der Waals surface area contributed by atoms with Crippen molar-refractivity contribution in [3.05, 3.63) is 76.0 Å². The number of halogens is 2. The molecule has 0 bridgehead atoms. The van der Waals surface area contributed by atoms with Crippen molar-refractivity contribution < 1.29 is 13.6 Å². The zero-order valence-electron chi connectivity index (χ0n) is 16.1. The molecule has 0 spiro atoms. The second-order valence-corrected chi connectivity index (χ2v) is 7.54. The Hall–Kier alpha value is -3.00. The molecule has 0 aromatic heterocycles. The third-order valence-corrected chi connectivity index (χ3v) is 4.06. The molecule has 0 aliphatic carbocycles. The molecule has 0 radical (unpaired) electrons. The van der Waals surface area contributed by atoms with Crippen LogP contribution in [-0.4, -0.2) is 5.91 Å². The lowest BCUT2D eigenvalue weighted by Crippen LogP contribution is -2.32. The Balaban J connectivity index is 2.60. The maximum atomic E-state index is 14.0. The minimum Gasteiger partial charge on any atom is -0.324 e. The number of nitrogens with one attached hydrogen (secondary N) is 1. The third kappa shape index (κ3) is 4.59. The van der Waals surface area contributed by atoms with Gasteiger partial charge < -0.3 is 5.32 Å². The van der Waals surface area contributed by atoms with Gasteiger partial charge in [-0.2, -0.15) is 5.26 Å². The Morgan fingerprint density at radius 3 is 2.19 bits per heavy atom. The molecule has 2 aromatic rings. The molecule has 0 saturated heterocycles. The lowest BCUT2D eigenvalue weighted by molar-refractivity contribution is 0.0953. The van der Waals surface area contributed by atoms with Gasteiger partial charge in [-0.25, -0.2) is 8.78 Å². The lowest BCUT2D eigenvalue weighted by atomic mass is 9.86. The number of aryl methyl sites for hydroxylation is 2. The maximum absolute atomic E-state index is 14.0. The Kier molecular flexibility index (Phi) is 5.80. The molecule has 2 rings (SSSR count). The number of allylic oxidation sites excluding steroid dienone is 2. The van der Waals surface area contributed by atoms with Gasteiger partial charge in [0.15, 0.2) is 11.6 Å². The first-order valence-corrected chi connectivity index (χ1v) is 8.53. The topological polar surface area (TPSA) is 52.9 Å². The van der Waals surface area contributed by atoms with Crippen molar-refractivity contribution in [2.24, 2.45) is 5.41 Å². The van der Waals surface area contributed by atoms with Crippen molar-refractivity contribution in [3.8, 4) is 6.07 Å². The van der Waals surface area contributed by atoms with Crippen molar-refractivity contribution in [2.75, 3.05) is 0 Å². The van der Waals surface area contributed by atoms with E-state index in [9.17, 15) is 18.8 Å². The van der Waals surface area contributed by atoms with Crippen molar-refractivity contribution in [3.63, 3.8) is 0 Å². The lowest BCUT2D eigenvalue weighted by Gasteiger charge is -2.26. The van der Waals surface area contributed by atoms with E-state index in [1.54, 1.807) is 0 Å². The van der Waals surface area contributed by atoms with E-state index in [2.05, 4.69) is 11.4 Å². The molecular formula is C22H22F2N2O. The normalized spacial score (nSPS) is 12.2. The van der Waals surface area contributed by atoms with Gasteiger partial charge in [0, 0.05) is 11.1 Å². The number of amides is 1. The summed E-state index contributed by atoms with van der Waals surface area (Å²) in [4.78, 5) is 12.6. The number of rotatable bonds is 3. The highest BCUT2D eigenvalue weighted by Gasteiger charge is 2.26. The van der Waals surface area contributed by atoms with Crippen molar-refractivity contribution in [1.82, 2.24) is 5.32 Å². The van der Waals surface area contributed by atoms with Gasteiger partial charge in [-0.05, 0) is 31.5 Å². The van der Waals surface area contributed by atoms with E-state index in [1.807, 2.05) is 52.8 Å². The van der Waals surface area contributed by atoms with Crippen LogP contribution in [0.1, 0.15) is 47.8 Å². The van der Waals surface area contributed by atoms with E-state index >= 15 is 0 Å². The number of carbonyl (C=O) groups is 1. The average Bonchev–Trinajstić information content (AvgIpc) is 2.55. The quantitative estimate of drug-likeness (QED) is 0.748. The summed E-state index contributed by atoms with van der Waals surface area (Å²) < 4.78 is 27.5. The van der Waals surface area contributed by atoms with Crippen LogP contribution in [0.4, 0.5) is 8.78 Å². The molecule has 0 heterocycles. The summed E-state index contributed by atoms with van der Waals surface area (Å²) in [7, 11) is 0. The minimum atomic E-state index is -1.21. The van der Waals surface area contributed by atoms with Crippen LogP contribution in [-0.2, 0) is 0 Å². The second kappa shape index (κ2) is 7.71. The van der Waals surface area contributed by atoms with Gasteiger partial charge in [-0.15, -0.1) is 0 Å². The summed E-state index contributed by atoms with van der Waals surface area (Å²) in [6.45, 7) is 9.35. The molecule has 1 amide bonds. The van der Waals surface area contributed by atoms with E-state index in [4.69, 9.17) is 0 Å². The highest BCUT2D eigenvalue weighted by molar-refractivity contribution is 5.97. The van der Waals surface area contributed by atoms with E-state index in [-0.39, 0.29) is 0 Å². The van der Waals surface area contributed by atoms with Gasteiger partial charge in [0.1, 0.15) is 6.07 Å². The van der Waals surface area contributed by atoms with Gasteiger partial charge >= 0.3 is 0 Å². The molecular weight excluding hydrogens is 346 g/mol. The van der Waals surface area contributed by atoms with Crippen LogP contribution in [0.5, 0.6) is 0 Å². The standard InChI is InChI=1S/C22H22F2N2O/c1-13-9-14(2)11-15(10-13)17(12-25)20(22(3,4)5)26-21(27)16-7-6-8-18(23)19(16)24/h6-11H,1-5H3,(H,26,27). The minimum absolute atomic E-state index is 0.291. The number of benzene rings is 2. The highest BCUT2D eigenvalue weighted by atomic mass is 19.2. The fourth-order valence-corrected chi connectivity index (χ4v) is 2.87. The van der Waals surface area contributed by atoms with Gasteiger partial charge in [-0.3, -0.25) is 4.79 Å². The Bertz CT molecular complexity index is 943. The van der Waals surface area contributed by atoms with Crippen LogP contribution in [0.15, 0.2) is 42.1 Å². The first-order valence-electron chi connectivity index (χ1n) is 8.53. The zero-order chi connectivity index (χ0) is 20.4. The molecule has 0 aliphatic rings. The van der Waals surface area contributed by atoms with Crippen LogP contribution in [0.25, 0.3) is 5.57 Å². The van der Waals surface area contributed by atoms with E-state index in [1.165, 1.54) is 12.1 Å². The smallest absolute Gasteiger partial charge is 0.258 e. The third-order valence-electron chi connectivity index (χ3n) is 4.06. The molecule has 2 aromatic carbocycles. The number of carbonyl (C=O) groups excluding carboxylic acids is 1. The first kappa shape index (κ1) is 20.3. The van der Waals surface area contributed by atoms with Crippen LogP contribution in [0, 0.1) is 42.2 Å². The molecule has 3 nitrogen and oxygen atoms in total. The first-order chi connectivity index (χ1) is 12.5. The number of nitrogens with zero attached hydrogens (tertiary/aromatic N) is 1. The summed E-state index contributed by atoms with van der Waals surface area (Å²) >= 11 is 0. The predicted octanol–water partition coefficient (Wildman–Crippen LogP) is 5.29. The van der Waals surface area contributed by atoms with E-state index in [0.717, 1.165) is 17.2 Å². The SMILES string of the molecule is Cc1cc(C)cc(C(C#N)=C(NC(=O)c2cccc(F)c2F)C(C)(C)C)c1. The van der Waals surface area contributed by atoms with E-state index in [0.29, 0.717) is 16.8 Å². The molecule has 0 saturated carbocycles. The van der Waals surface area contributed by atoms with E-state index < -0.39 is 28.5 Å². The van der Waals surface area contributed by atoms with Crippen molar-refractivity contribution in [2.45, 2.75) is 34.6 Å². The Labute approximate surface area is 158 Å². The fourth-order valence-electron chi connectivity index (χ4n) is 2.87. The van der Waals surface area contributed by atoms with Gasteiger partial charge in [0.2, 0.25) is 0 Å². The molecule has 0 atom stereocenters. The van der Waals surface area contributed by atoms with Crippen molar-refractivity contribution >= 4 is 11.5 Å².